The molecule has 162 valence electrons. The second-order valence-corrected chi connectivity index (χ2v) is 7.46. The number of ether oxygens (including phenoxy) is 1. The number of thioether (sulfide) groups is 1. The van der Waals surface area contributed by atoms with Crippen molar-refractivity contribution in [3.8, 4) is 46.9 Å². The van der Waals surface area contributed by atoms with Crippen molar-refractivity contribution < 1.29 is 4.74 Å². The van der Waals surface area contributed by atoms with E-state index in [9.17, 15) is 4.79 Å². The van der Waals surface area contributed by atoms with Crippen LogP contribution in [0.2, 0.25) is 0 Å². The highest BCUT2D eigenvalue weighted by atomic mass is 32.2. The second-order valence-electron chi connectivity index (χ2n) is 6.68. The summed E-state index contributed by atoms with van der Waals surface area (Å²) in [6.45, 7) is 1.84. The number of nitrogens with zero attached hydrogens (tertiary/aromatic N) is 6. The molecule has 0 radical (unpaired) electrons. The molecule has 0 aliphatic carbocycles. The summed E-state index contributed by atoms with van der Waals surface area (Å²) < 4.78 is 9.28. The van der Waals surface area contributed by atoms with Gasteiger partial charge >= 0.3 is 0 Å². The lowest BCUT2D eigenvalue weighted by molar-refractivity contribution is 0.475. The Morgan fingerprint density at radius 3 is 2.50 bits per heavy atom. The van der Waals surface area contributed by atoms with E-state index in [-0.39, 0.29) is 5.56 Å². The fourth-order valence-electron chi connectivity index (χ4n) is 3.01. The minimum Gasteiger partial charge on any atom is -0.455 e. The number of terminal acetylenes is 1. The van der Waals surface area contributed by atoms with Crippen LogP contribution in [0.4, 0.5) is 0 Å². The van der Waals surface area contributed by atoms with E-state index in [2.05, 4.69) is 32.9 Å². The Morgan fingerprint density at radius 1 is 1.06 bits per heavy atom. The van der Waals surface area contributed by atoms with Gasteiger partial charge in [-0.3, -0.25) is 19.0 Å². The van der Waals surface area contributed by atoms with Crippen LogP contribution in [-0.2, 0) is 14.1 Å². The van der Waals surface area contributed by atoms with Crippen LogP contribution in [-0.4, -0.2) is 35.6 Å². The molecule has 0 saturated heterocycles. The maximum atomic E-state index is 12.6. The molecular weight excluding hydrogens is 424 g/mol. The molecule has 0 aliphatic rings. The van der Waals surface area contributed by atoms with Crippen LogP contribution < -0.4 is 10.3 Å². The first kappa shape index (κ1) is 22.8. The summed E-state index contributed by atoms with van der Waals surface area (Å²) in [4.78, 5) is 25.9. The van der Waals surface area contributed by atoms with Gasteiger partial charge in [0.25, 0.3) is 5.56 Å². The van der Waals surface area contributed by atoms with Crippen LogP contribution in [0.25, 0.3) is 22.5 Å². The Bertz CT molecular complexity index is 1330. The molecule has 4 heterocycles. The molecule has 0 atom stereocenters. The zero-order valence-corrected chi connectivity index (χ0v) is 19.0. The normalized spacial score (nSPS) is 10.3. The molecular formula is C23H22N6O2S. The molecule has 0 N–H and O–H groups in total. The summed E-state index contributed by atoms with van der Waals surface area (Å²) in [5, 5.41) is 4.83. The van der Waals surface area contributed by atoms with Gasteiger partial charge < -0.3 is 4.74 Å². The maximum absolute atomic E-state index is 12.6. The molecule has 32 heavy (non-hydrogen) atoms. The van der Waals surface area contributed by atoms with Crippen LogP contribution in [0.3, 0.4) is 0 Å². The number of aryl methyl sites for hydroxylation is 2. The van der Waals surface area contributed by atoms with Gasteiger partial charge in [-0.05, 0) is 31.4 Å². The lowest BCUT2D eigenvalue weighted by Gasteiger charge is -2.11. The molecule has 9 heteroatoms. The predicted molar refractivity (Wildman–Crippen MR) is 126 cm³/mol. The SMILES string of the molecule is C#C.CSc1ncc(-c2ccc(Oc3ccnc(-c4cnn(C)c4)c3)c(C)n2)c(=O)n1C. The zero-order chi connectivity index (χ0) is 23.3. The smallest absolute Gasteiger partial charge is 0.263 e. The molecule has 0 fully saturated rings. The second kappa shape index (κ2) is 9.94. The van der Waals surface area contributed by atoms with Gasteiger partial charge in [-0.1, -0.05) is 11.8 Å². The zero-order valence-electron chi connectivity index (χ0n) is 18.2. The van der Waals surface area contributed by atoms with Crippen molar-refractivity contribution in [1.82, 2.24) is 29.3 Å². The van der Waals surface area contributed by atoms with E-state index in [1.54, 1.807) is 42.5 Å². The number of hydrogen-bond donors (Lipinski definition) is 0. The average Bonchev–Trinajstić information content (AvgIpc) is 3.25. The van der Waals surface area contributed by atoms with Crippen molar-refractivity contribution in [1.29, 1.82) is 0 Å². The van der Waals surface area contributed by atoms with Gasteiger partial charge in [0.2, 0.25) is 0 Å². The van der Waals surface area contributed by atoms with E-state index in [0.29, 0.717) is 33.6 Å². The molecule has 0 unspecified atom stereocenters. The molecule has 4 aromatic rings. The first-order valence-electron chi connectivity index (χ1n) is 9.50. The van der Waals surface area contributed by atoms with Crippen molar-refractivity contribution in [3.63, 3.8) is 0 Å². The maximum Gasteiger partial charge on any atom is 0.263 e. The average molecular weight is 447 g/mol. The van der Waals surface area contributed by atoms with E-state index in [1.165, 1.54) is 16.3 Å². The summed E-state index contributed by atoms with van der Waals surface area (Å²) in [5.74, 6) is 1.25. The van der Waals surface area contributed by atoms with Crippen LogP contribution in [0, 0.1) is 19.8 Å². The minimum atomic E-state index is -0.134. The van der Waals surface area contributed by atoms with Gasteiger partial charge in [0.1, 0.15) is 11.5 Å². The van der Waals surface area contributed by atoms with Crippen molar-refractivity contribution in [2.45, 2.75) is 12.1 Å². The lowest BCUT2D eigenvalue weighted by Crippen LogP contribution is -2.21. The first-order valence-corrected chi connectivity index (χ1v) is 10.7. The summed E-state index contributed by atoms with van der Waals surface area (Å²) in [6, 6.07) is 7.21. The van der Waals surface area contributed by atoms with Crippen molar-refractivity contribution in [2.75, 3.05) is 6.26 Å². The highest BCUT2D eigenvalue weighted by Gasteiger charge is 2.13. The summed E-state index contributed by atoms with van der Waals surface area (Å²) >= 11 is 1.42. The Morgan fingerprint density at radius 2 is 1.84 bits per heavy atom. The van der Waals surface area contributed by atoms with E-state index < -0.39 is 0 Å². The van der Waals surface area contributed by atoms with Gasteiger partial charge in [0, 0.05) is 44.3 Å². The topological polar surface area (TPSA) is 87.7 Å². The lowest BCUT2D eigenvalue weighted by atomic mass is 10.2. The highest BCUT2D eigenvalue weighted by Crippen LogP contribution is 2.28. The van der Waals surface area contributed by atoms with Crippen LogP contribution in [0.5, 0.6) is 11.5 Å². The summed E-state index contributed by atoms with van der Waals surface area (Å²) in [6.07, 6.45) is 16.8. The van der Waals surface area contributed by atoms with Crippen molar-refractivity contribution >= 4 is 11.8 Å². The Kier molecular flexibility index (Phi) is 7.07. The standard InChI is InChI=1S/C21H20N6O2S.C2H2/c1-13-19(29-15-7-8-22-18(9-15)14-10-24-26(2)12-14)6-5-17(25-13)16-11-23-21(30-4)27(3)20(16)28;1-2/h5-12H,1-4H3;1-2H. The van der Waals surface area contributed by atoms with Crippen molar-refractivity contribution in [3.05, 3.63) is 65.1 Å². The third kappa shape index (κ3) is 4.71. The fraction of sp³-hybridized carbons (Fsp3) is 0.174. The van der Waals surface area contributed by atoms with Gasteiger partial charge in [-0.25, -0.2) is 9.97 Å². The third-order valence-electron chi connectivity index (χ3n) is 4.58. The van der Waals surface area contributed by atoms with Crippen LogP contribution in [0.1, 0.15) is 5.69 Å². The molecule has 0 bridgehead atoms. The van der Waals surface area contributed by atoms with Crippen molar-refractivity contribution in [2.24, 2.45) is 14.1 Å². The molecule has 8 nitrogen and oxygen atoms in total. The minimum absolute atomic E-state index is 0.134. The number of hydrogen-bond acceptors (Lipinski definition) is 7. The van der Waals surface area contributed by atoms with Gasteiger partial charge in [-0.15, -0.1) is 12.8 Å². The number of aromatic nitrogens is 6. The monoisotopic (exact) mass is 446 g/mol. The molecule has 0 amide bonds. The highest BCUT2D eigenvalue weighted by molar-refractivity contribution is 7.98. The van der Waals surface area contributed by atoms with Crippen LogP contribution >= 0.6 is 11.8 Å². The fourth-order valence-corrected chi connectivity index (χ4v) is 3.53. The molecule has 4 rings (SSSR count). The Labute approximate surface area is 190 Å². The van der Waals surface area contributed by atoms with Gasteiger partial charge in [-0.2, -0.15) is 5.10 Å². The largest absolute Gasteiger partial charge is 0.455 e. The van der Waals surface area contributed by atoms with Gasteiger partial charge in [0.05, 0.1) is 28.8 Å². The quantitative estimate of drug-likeness (QED) is 0.262. The van der Waals surface area contributed by atoms with E-state index in [0.717, 1.165) is 11.3 Å². The van der Waals surface area contributed by atoms with E-state index >= 15 is 0 Å². The molecule has 0 aliphatic heterocycles. The molecule has 4 aromatic heterocycles. The first-order chi connectivity index (χ1) is 15.5. The number of rotatable bonds is 5. The van der Waals surface area contributed by atoms with E-state index in [4.69, 9.17) is 4.74 Å². The molecule has 0 saturated carbocycles. The summed E-state index contributed by atoms with van der Waals surface area (Å²) in [7, 11) is 3.57. The van der Waals surface area contributed by atoms with E-state index in [1.807, 2.05) is 38.6 Å². The molecule has 0 aromatic carbocycles. The molecule has 0 spiro atoms. The van der Waals surface area contributed by atoms with Crippen LogP contribution in [0.15, 0.2) is 59.0 Å². The Balaban J connectivity index is 0.00000141. The Hall–Kier alpha value is -3.90. The number of pyridine rings is 2. The predicted octanol–water partition coefficient (Wildman–Crippen LogP) is 3.71. The third-order valence-corrected chi connectivity index (χ3v) is 5.33. The summed E-state index contributed by atoms with van der Waals surface area (Å²) in [5.41, 5.74) is 3.23. The van der Waals surface area contributed by atoms with Gasteiger partial charge in [0.15, 0.2) is 5.16 Å².